The molecule has 0 aliphatic heterocycles. The summed E-state index contributed by atoms with van der Waals surface area (Å²) in [6.07, 6.45) is -0.575. The van der Waals surface area contributed by atoms with Crippen LogP contribution in [0, 0.1) is 6.92 Å². The summed E-state index contributed by atoms with van der Waals surface area (Å²) in [7, 11) is 0. The molecule has 0 aromatic heterocycles. The van der Waals surface area contributed by atoms with E-state index < -0.39 is 6.10 Å². The minimum Gasteiger partial charge on any atom is -0.481 e. The molecule has 20 heavy (non-hydrogen) atoms. The summed E-state index contributed by atoms with van der Waals surface area (Å²) < 4.78 is 5.62. The predicted molar refractivity (Wildman–Crippen MR) is 80.8 cm³/mol. The molecule has 0 bridgehead atoms. The van der Waals surface area contributed by atoms with Gasteiger partial charge in [-0.25, -0.2) is 0 Å². The van der Waals surface area contributed by atoms with Crippen molar-refractivity contribution < 1.29 is 9.53 Å². The van der Waals surface area contributed by atoms with Crippen molar-refractivity contribution in [1.29, 1.82) is 0 Å². The monoisotopic (exact) mass is 270 g/mol. The molecule has 0 heterocycles. The van der Waals surface area contributed by atoms with Crippen LogP contribution in [0.4, 0.5) is 11.4 Å². The molecular formula is C16H18N2O2. The van der Waals surface area contributed by atoms with Gasteiger partial charge in [-0.05, 0) is 55.8 Å². The Morgan fingerprint density at radius 3 is 2.55 bits per heavy atom. The number of anilines is 2. The van der Waals surface area contributed by atoms with Crippen molar-refractivity contribution in [1.82, 2.24) is 0 Å². The third-order valence-electron chi connectivity index (χ3n) is 2.85. The number of nitrogens with two attached hydrogens (primary N) is 1. The minimum atomic E-state index is -0.575. The number of ether oxygens (including phenoxy) is 1. The number of hydrogen-bond donors (Lipinski definition) is 2. The first kappa shape index (κ1) is 13.9. The molecule has 0 spiro atoms. The maximum Gasteiger partial charge on any atom is 0.265 e. The minimum absolute atomic E-state index is 0.198. The number of nitrogen functional groups attached to an aromatic ring is 1. The lowest BCUT2D eigenvalue weighted by atomic mass is 10.2. The molecule has 0 fully saturated rings. The molecule has 0 saturated heterocycles. The number of aryl methyl sites for hydroxylation is 1. The van der Waals surface area contributed by atoms with E-state index in [4.69, 9.17) is 10.5 Å². The fourth-order valence-corrected chi connectivity index (χ4v) is 1.76. The van der Waals surface area contributed by atoms with Crippen molar-refractivity contribution in [3.05, 3.63) is 54.1 Å². The van der Waals surface area contributed by atoms with Gasteiger partial charge in [0.05, 0.1) is 0 Å². The molecule has 104 valence electrons. The van der Waals surface area contributed by atoms with Gasteiger partial charge >= 0.3 is 0 Å². The summed E-state index contributed by atoms with van der Waals surface area (Å²) in [5, 5.41) is 2.78. The molecule has 0 aliphatic rings. The summed E-state index contributed by atoms with van der Waals surface area (Å²) in [4.78, 5) is 12.0. The highest BCUT2D eigenvalue weighted by atomic mass is 16.5. The highest BCUT2D eigenvalue weighted by molar-refractivity contribution is 5.94. The fourth-order valence-electron chi connectivity index (χ4n) is 1.76. The Kier molecular flexibility index (Phi) is 4.25. The molecule has 2 aromatic carbocycles. The van der Waals surface area contributed by atoms with E-state index in [9.17, 15) is 4.79 Å². The normalized spacial score (nSPS) is 11.7. The number of hydrogen-bond acceptors (Lipinski definition) is 3. The van der Waals surface area contributed by atoms with E-state index >= 15 is 0 Å². The van der Waals surface area contributed by atoms with Gasteiger partial charge in [-0.3, -0.25) is 4.79 Å². The van der Waals surface area contributed by atoms with Crippen molar-refractivity contribution in [3.63, 3.8) is 0 Å². The second-order valence-electron chi connectivity index (χ2n) is 4.69. The number of carbonyl (C=O) groups is 1. The number of amides is 1. The largest absolute Gasteiger partial charge is 0.481 e. The van der Waals surface area contributed by atoms with Crippen molar-refractivity contribution in [2.24, 2.45) is 0 Å². The second-order valence-corrected chi connectivity index (χ2v) is 4.69. The van der Waals surface area contributed by atoms with E-state index in [-0.39, 0.29) is 5.91 Å². The second kappa shape index (κ2) is 6.10. The first-order valence-electron chi connectivity index (χ1n) is 6.44. The molecule has 0 unspecified atom stereocenters. The van der Waals surface area contributed by atoms with E-state index in [0.717, 1.165) is 5.56 Å². The SMILES string of the molecule is Cc1cccc(O[C@@H](C)C(=O)Nc2ccc(N)cc2)c1. The first-order valence-corrected chi connectivity index (χ1v) is 6.44. The van der Waals surface area contributed by atoms with E-state index in [0.29, 0.717) is 17.1 Å². The maximum atomic E-state index is 12.0. The molecule has 1 atom stereocenters. The number of nitrogens with one attached hydrogen (secondary N) is 1. The van der Waals surface area contributed by atoms with Crippen LogP contribution in [0.3, 0.4) is 0 Å². The summed E-state index contributed by atoms with van der Waals surface area (Å²) in [5.41, 5.74) is 8.04. The van der Waals surface area contributed by atoms with Crippen molar-refractivity contribution in [2.45, 2.75) is 20.0 Å². The Bertz CT molecular complexity index is 594. The van der Waals surface area contributed by atoms with Crippen molar-refractivity contribution in [2.75, 3.05) is 11.1 Å². The van der Waals surface area contributed by atoms with E-state index in [1.165, 1.54) is 0 Å². The lowest BCUT2D eigenvalue weighted by Crippen LogP contribution is -2.30. The Hall–Kier alpha value is -2.49. The molecule has 4 heteroatoms. The van der Waals surface area contributed by atoms with Crippen LogP contribution in [0.25, 0.3) is 0 Å². The predicted octanol–water partition coefficient (Wildman–Crippen LogP) is 2.98. The number of carbonyl (C=O) groups excluding carboxylic acids is 1. The third kappa shape index (κ3) is 3.75. The van der Waals surface area contributed by atoms with Gasteiger partial charge in [-0.15, -0.1) is 0 Å². The average Bonchev–Trinajstić information content (AvgIpc) is 2.41. The number of benzene rings is 2. The molecular weight excluding hydrogens is 252 g/mol. The zero-order valence-corrected chi connectivity index (χ0v) is 11.6. The molecule has 2 aromatic rings. The van der Waals surface area contributed by atoms with Gasteiger partial charge in [0, 0.05) is 11.4 Å². The van der Waals surface area contributed by atoms with Crippen LogP contribution in [0.2, 0.25) is 0 Å². The summed E-state index contributed by atoms with van der Waals surface area (Å²) >= 11 is 0. The Morgan fingerprint density at radius 2 is 1.90 bits per heavy atom. The van der Waals surface area contributed by atoms with Gasteiger partial charge in [0.1, 0.15) is 5.75 Å². The molecule has 2 rings (SSSR count). The van der Waals surface area contributed by atoms with Crippen LogP contribution >= 0.6 is 0 Å². The standard InChI is InChI=1S/C16H18N2O2/c1-11-4-3-5-15(10-11)20-12(2)16(19)18-14-8-6-13(17)7-9-14/h3-10,12H,17H2,1-2H3,(H,18,19)/t12-/m0/s1. The van der Waals surface area contributed by atoms with Gasteiger partial charge < -0.3 is 15.8 Å². The van der Waals surface area contributed by atoms with Crippen molar-refractivity contribution >= 4 is 17.3 Å². The molecule has 1 amide bonds. The van der Waals surface area contributed by atoms with Crippen LogP contribution in [0.5, 0.6) is 5.75 Å². The topological polar surface area (TPSA) is 64.3 Å². The Morgan fingerprint density at radius 1 is 1.20 bits per heavy atom. The quantitative estimate of drug-likeness (QED) is 0.839. The van der Waals surface area contributed by atoms with Gasteiger partial charge in [-0.2, -0.15) is 0 Å². The van der Waals surface area contributed by atoms with Gasteiger partial charge in [0.2, 0.25) is 0 Å². The van der Waals surface area contributed by atoms with E-state index in [1.54, 1.807) is 31.2 Å². The summed E-state index contributed by atoms with van der Waals surface area (Å²) in [5.74, 6) is 0.487. The smallest absolute Gasteiger partial charge is 0.265 e. The average molecular weight is 270 g/mol. The van der Waals surface area contributed by atoms with Crippen LogP contribution in [-0.4, -0.2) is 12.0 Å². The maximum absolute atomic E-state index is 12.0. The fraction of sp³-hybridized carbons (Fsp3) is 0.188. The zero-order chi connectivity index (χ0) is 14.5. The summed E-state index contributed by atoms with van der Waals surface area (Å²) in [6.45, 7) is 3.70. The van der Waals surface area contributed by atoms with E-state index in [2.05, 4.69) is 5.32 Å². The molecule has 3 N–H and O–H groups in total. The lowest BCUT2D eigenvalue weighted by Gasteiger charge is -2.15. The Labute approximate surface area is 118 Å². The molecule has 0 aliphatic carbocycles. The van der Waals surface area contributed by atoms with Gasteiger partial charge in [0.25, 0.3) is 5.91 Å². The molecule has 0 radical (unpaired) electrons. The molecule has 0 saturated carbocycles. The van der Waals surface area contributed by atoms with Crippen LogP contribution in [0.1, 0.15) is 12.5 Å². The molecule has 4 nitrogen and oxygen atoms in total. The van der Waals surface area contributed by atoms with Gasteiger partial charge in [0.15, 0.2) is 6.10 Å². The highest BCUT2D eigenvalue weighted by Crippen LogP contribution is 2.15. The van der Waals surface area contributed by atoms with Crippen LogP contribution in [-0.2, 0) is 4.79 Å². The first-order chi connectivity index (χ1) is 9.54. The number of rotatable bonds is 4. The van der Waals surface area contributed by atoms with Crippen LogP contribution in [0.15, 0.2) is 48.5 Å². The van der Waals surface area contributed by atoms with Gasteiger partial charge in [-0.1, -0.05) is 12.1 Å². The third-order valence-corrected chi connectivity index (χ3v) is 2.85. The zero-order valence-electron chi connectivity index (χ0n) is 11.6. The van der Waals surface area contributed by atoms with Crippen LogP contribution < -0.4 is 15.8 Å². The lowest BCUT2D eigenvalue weighted by molar-refractivity contribution is -0.122. The van der Waals surface area contributed by atoms with Crippen molar-refractivity contribution in [3.8, 4) is 5.75 Å². The highest BCUT2D eigenvalue weighted by Gasteiger charge is 2.14. The summed E-state index contributed by atoms with van der Waals surface area (Å²) in [6, 6.07) is 14.6. The van der Waals surface area contributed by atoms with E-state index in [1.807, 2.05) is 31.2 Å². The Balaban J connectivity index is 1.96.